The lowest BCUT2D eigenvalue weighted by molar-refractivity contribution is -0.138. The maximum absolute atomic E-state index is 11.3. The van der Waals surface area contributed by atoms with Gasteiger partial charge in [0.15, 0.2) is 0 Å². The third-order valence-electron chi connectivity index (χ3n) is 8.69. The van der Waals surface area contributed by atoms with Gasteiger partial charge in [-0.1, -0.05) is 6.42 Å². The predicted molar refractivity (Wildman–Crippen MR) is 194 cm³/mol. The van der Waals surface area contributed by atoms with Gasteiger partial charge < -0.3 is 67.3 Å². The third-order valence-corrected chi connectivity index (χ3v) is 8.69. The van der Waals surface area contributed by atoms with Gasteiger partial charge in [0.2, 0.25) is 0 Å². The minimum atomic E-state index is -0.990. The third kappa shape index (κ3) is 18.8. The number of nitrogens with two attached hydrogens (primary N) is 1. The van der Waals surface area contributed by atoms with E-state index in [9.17, 15) is 9.90 Å². The van der Waals surface area contributed by atoms with E-state index in [1.165, 1.54) is 0 Å². The SMILES string of the molecule is N[C@@H](CCCCN(Cc1nccn1CC1COCCOCCOCCOCCO1)Cc1nccn1CC1COCCOCCOCCOCCO1)C(=O)O. The van der Waals surface area contributed by atoms with Gasteiger partial charge in [-0.3, -0.25) is 9.69 Å². The Morgan fingerprint density at radius 1 is 0.648 bits per heavy atom. The number of hydrogen-bond acceptors (Lipinski definition) is 15. The molecule has 2 aromatic rings. The molecule has 2 fully saturated rings. The molecule has 308 valence electrons. The average molecular weight is 771 g/mol. The number of hydrogen-bond donors (Lipinski definition) is 2. The normalized spacial score (nSPS) is 22.4. The Morgan fingerprint density at radius 2 is 1.04 bits per heavy atom. The highest BCUT2D eigenvalue weighted by molar-refractivity contribution is 5.72. The summed E-state index contributed by atoms with van der Waals surface area (Å²) in [6.45, 7) is 11.3. The second-order valence-corrected chi connectivity index (χ2v) is 13.0. The molecular formula is C36H62N6O12. The van der Waals surface area contributed by atoms with Gasteiger partial charge >= 0.3 is 5.97 Å². The van der Waals surface area contributed by atoms with Crippen LogP contribution >= 0.6 is 0 Å². The Kier molecular flexibility index (Phi) is 22.8. The lowest BCUT2D eigenvalue weighted by atomic mass is 10.1. The van der Waals surface area contributed by atoms with Crippen molar-refractivity contribution in [2.45, 2.75) is 63.7 Å². The molecule has 2 aliphatic rings. The van der Waals surface area contributed by atoms with E-state index in [0.29, 0.717) is 164 Å². The number of unbranched alkanes of at least 4 members (excludes halogenated alkanes) is 1. The molecule has 2 saturated heterocycles. The molecule has 2 unspecified atom stereocenters. The van der Waals surface area contributed by atoms with Crippen LogP contribution < -0.4 is 5.73 Å². The van der Waals surface area contributed by atoms with Crippen LogP contribution in [0.5, 0.6) is 0 Å². The van der Waals surface area contributed by atoms with Crippen molar-refractivity contribution >= 4 is 5.97 Å². The first-order valence-electron chi connectivity index (χ1n) is 19.1. The highest BCUT2D eigenvalue weighted by Gasteiger charge is 2.20. The van der Waals surface area contributed by atoms with Gasteiger partial charge in [-0.05, 0) is 19.4 Å². The highest BCUT2D eigenvalue weighted by atomic mass is 16.6. The van der Waals surface area contributed by atoms with E-state index < -0.39 is 12.0 Å². The summed E-state index contributed by atoms with van der Waals surface area (Å²) in [5, 5.41) is 9.28. The van der Waals surface area contributed by atoms with Crippen LogP contribution in [0.15, 0.2) is 24.8 Å². The van der Waals surface area contributed by atoms with Crippen LogP contribution in [0.2, 0.25) is 0 Å². The summed E-state index contributed by atoms with van der Waals surface area (Å²) in [7, 11) is 0. The van der Waals surface area contributed by atoms with Gasteiger partial charge in [0.1, 0.15) is 17.7 Å². The number of ether oxygens (including phenoxy) is 10. The second kappa shape index (κ2) is 27.9. The predicted octanol–water partition coefficient (Wildman–Crippen LogP) is 0.594. The van der Waals surface area contributed by atoms with Crippen molar-refractivity contribution in [3.63, 3.8) is 0 Å². The number of carboxylic acid groups (broad SMARTS) is 1. The molecule has 0 aliphatic carbocycles. The lowest BCUT2D eigenvalue weighted by Gasteiger charge is -2.25. The van der Waals surface area contributed by atoms with E-state index in [-0.39, 0.29) is 12.2 Å². The Bertz CT molecular complexity index is 1130. The molecule has 18 heteroatoms. The molecule has 0 bridgehead atoms. The molecule has 0 saturated carbocycles. The Hall–Kier alpha value is -2.59. The van der Waals surface area contributed by atoms with E-state index in [1.54, 1.807) is 12.4 Å². The van der Waals surface area contributed by atoms with Crippen molar-refractivity contribution in [1.29, 1.82) is 0 Å². The molecular weight excluding hydrogens is 708 g/mol. The van der Waals surface area contributed by atoms with E-state index in [4.69, 9.17) is 63.1 Å². The molecule has 3 N–H and O–H groups in total. The molecule has 3 atom stereocenters. The summed E-state index contributed by atoms with van der Waals surface area (Å²) in [5.74, 6) is 0.728. The number of aromatic nitrogens is 4. The molecule has 18 nitrogen and oxygen atoms in total. The summed E-state index contributed by atoms with van der Waals surface area (Å²) < 4.78 is 61.9. The first kappa shape index (κ1) is 44.1. The number of aliphatic carboxylic acids is 1. The summed E-state index contributed by atoms with van der Waals surface area (Å²) in [5.41, 5.74) is 5.80. The van der Waals surface area contributed by atoms with E-state index in [2.05, 4.69) is 14.0 Å². The molecule has 0 radical (unpaired) electrons. The molecule has 4 rings (SSSR count). The van der Waals surface area contributed by atoms with Crippen LogP contribution in [-0.2, 0) is 78.3 Å². The van der Waals surface area contributed by atoms with Crippen LogP contribution in [-0.4, -0.2) is 179 Å². The highest BCUT2D eigenvalue weighted by Crippen LogP contribution is 2.14. The monoisotopic (exact) mass is 770 g/mol. The Balaban J connectivity index is 1.40. The van der Waals surface area contributed by atoms with Crippen LogP contribution in [0.3, 0.4) is 0 Å². The fourth-order valence-corrected chi connectivity index (χ4v) is 5.80. The first-order chi connectivity index (χ1) is 26.6. The smallest absolute Gasteiger partial charge is 0.320 e. The minimum absolute atomic E-state index is 0.232. The van der Waals surface area contributed by atoms with E-state index in [1.807, 2.05) is 12.4 Å². The van der Waals surface area contributed by atoms with Gasteiger partial charge in [0.05, 0.1) is 157 Å². The number of imidazole rings is 2. The average Bonchev–Trinajstić information content (AvgIpc) is 3.79. The summed E-state index contributed by atoms with van der Waals surface area (Å²) in [6, 6.07) is -0.885. The molecule has 0 aromatic carbocycles. The number of rotatable bonds is 14. The lowest BCUT2D eigenvalue weighted by Crippen LogP contribution is -2.32. The number of carbonyl (C=O) groups is 1. The topological polar surface area (TPSA) is 194 Å². The Labute approximate surface area is 318 Å². The largest absolute Gasteiger partial charge is 0.480 e. The van der Waals surface area contributed by atoms with Crippen molar-refractivity contribution < 1.29 is 57.3 Å². The van der Waals surface area contributed by atoms with Crippen LogP contribution in [0.4, 0.5) is 0 Å². The zero-order valence-electron chi connectivity index (χ0n) is 31.7. The van der Waals surface area contributed by atoms with Gasteiger partial charge in [0, 0.05) is 24.8 Å². The quantitative estimate of drug-likeness (QED) is 0.253. The van der Waals surface area contributed by atoms with Gasteiger partial charge in [-0.15, -0.1) is 0 Å². The van der Waals surface area contributed by atoms with Crippen molar-refractivity contribution in [3.8, 4) is 0 Å². The van der Waals surface area contributed by atoms with E-state index in [0.717, 1.165) is 18.1 Å². The maximum atomic E-state index is 11.3. The number of nitrogens with zero attached hydrogens (tertiary/aromatic N) is 5. The minimum Gasteiger partial charge on any atom is -0.480 e. The van der Waals surface area contributed by atoms with Crippen LogP contribution in [0.1, 0.15) is 30.9 Å². The number of carboxylic acids is 1. The Morgan fingerprint density at radius 3 is 1.44 bits per heavy atom. The van der Waals surface area contributed by atoms with Gasteiger partial charge in [-0.25, -0.2) is 9.97 Å². The van der Waals surface area contributed by atoms with Crippen LogP contribution in [0.25, 0.3) is 0 Å². The summed E-state index contributed by atoms with van der Waals surface area (Å²) in [6.07, 6.45) is 8.83. The standard InChI is InChI=1S/C36H62N6O12/c37-33(36(43)44)3-1-2-6-40(27-34-38-4-7-41(34)25-31-29-51-19-17-47-11-9-45-13-15-49-21-23-53-31)28-35-39-5-8-42(35)26-32-30-52-20-18-48-12-10-46-14-16-50-22-24-54-32/h4-5,7-8,31-33H,1-3,6,9-30,37H2,(H,43,44)/t31?,32?,33-/m0/s1. The second-order valence-electron chi connectivity index (χ2n) is 13.0. The maximum Gasteiger partial charge on any atom is 0.320 e. The fraction of sp³-hybridized carbons (Fsp3) is 0.806. The molecule has 54 heavy (non-hydrogen) atoms. The van der Waals surface area contributed by atoms with Crippen LogP contribution in [0, 0.1) is 0 Å². The summed E-state index contributed by atoms with van der Waals surface area (Å²) >= 11 is 0. The zero-order valence-corrected chi connectivity index (χ0v) is 31.7. The van der Waals surface area contributed by atoms with Crippen molar-refractivity contribution in [2.24, 2.45) is 5.73 Å². The summed E-state index contributed by atoms with van der Waals surface area (Å²) in [4.78, 5) is 23.0. The van der Waals surface area contributed by atoms with Gasteiger partial charge in [-0.2, -0.15) is 0 Å². The van der Waals surface area contributed by atoms with Crippen molar-refractivity contribution in [2.75, 3.05) is 125 Å². The molecule has 2 aliphatic heterocycles. The first-order valence-corrected chi connectivity index (χ1v) is 19.1. The van der Waals surface area contributed by atoms with Crippen molar-refractivity contribution in [3.05, 3.63) is 36.4 Å². The molecule has 0 amide bonds. The van der Waals surface area contributed by atoms with Crippen molar-refractivity contribution in [1.82, 2.24) is 24.0 Å². The van der Waals surface area contributed by atoms with Gasteiger partial charge in [0.25, 0.3) is 0 Å². The molecule has 4 heterocycles. The fourth-order valence-electron chi connectivity index (χ4n) is 5.80. The zero-order chi connectivity index (χ0) is 37.9. The van der Waals surface area contributed by atoms with E-state index >= 15 is 0 Å². The molecule has 2 aromatic heterocycles. The molecule has 0 spiro atoms.